The molecule has 27 heavy (non-hydrogen) atoms. The topological polar surface area (TPSA) is 77.8 Å². The number of hydrogen-bond donors (Lipinski definition) is 1. The minimum Gasteiger partial charge on any atom is -0.504 e. The minimum atomic E-state index is -0.541. The molecular weight excluding hydrogens is 346 g/mol. The van der Waals surface area contributed by atoms with E-state index in [0.29, 0.717) is 29.8 Å². The van der Waals surface area contributed by atoms with E-state index < -0.39 is 5.56 Å². The van der Waals surface area contributed by atoms with Crippen LogP contribution in [0.25, 0.3) is 10.9 Å². The van der Waals surface area contributed by atoms with E-state index in [9.17, 15) is 14.7 Å². The lowest BCUT2D eigenvalue weighted by molar-refractivity contribution is -0.120. The maximum Gasteiger partial charge on any atom is 0.298 e. The van der Waals surface area contributed by atoms with Gasteiger partial charge in [0.25, 0.3) is 12.0 Å². The van der Waals surface area contributed by atoms with Crippen LogP contribution >= 0.6 is 0 Å². The Morgan fingerprint density at radius 1 is 1.15 bits per heavy atom. The molecular formula is C21H21NO5. The Hall–Kier alpha value is -3.28. The molecule has 1 N–H and O–H groups in total. The average Bonchev–Trinajstić information content (AvgIpc) is 2.70. The van der Waals surface area contributed by atoms with Crippen LogP contribution in [0.3, 0.4) is 0 Å². The monoisotopic (exact) mass is 367 g/mol. The summed E-state index contributed by atoms with van der Waals surface area (Å²) in [5, 5.41) is 10.8. The highest BCUT2D eigenvalue weighted by Crippen LogP contribution is 2.33. The van der Waals surface area contributed by atoms with Gasteiger partial charge in [-0.05, 0) is 24.1 Å². The van der Waals surface area contributed by atoms with Crippen LogP contribution in [0.15, 0.2) is 53.3 Å². The highest BCUT2D eigenvalue weighted by atomic mass is 16.5. The van der Waals surface area contributed by atoms with Crippen molar-refractivity contribution in [3.05, 3.63) is 64.4 Å². The van der Waals surface area contributed by atoms with Gasteiger partial charge in [0.15, 0.2) is 5.75 Å². The van der Waals surface area contributed by atoms with Crippen molar-refractivity contribution < 1.29 is 19.4 Å². The van der Waals surface area contributed by atoms with E-state index in [2.05, 4.69) is 0 Å². The lowest BCUT2D eigenvalue weighted by Gasteiger charge is -2.15. The third-order valence-electron chi connectivity index (χ3n) is 4.32. The number of nitrogens with zero attached hydrogens (tertiary/aromatic N) is 1. The molecule has 2 aromatic carbocycles. The number of aryl methyl sites for hydroxylation is 1. The van der Waals surface area contributed by atoms with E-state index in [1.165, 1.54) is 4.57 Å². The molecule has 0 aliphatic carbocycles. The first kappa shape index (κ1) is 18.5. The Morgan fingerprint density at radius 2 is 1.93 bits per heavy atom. The van der Waals surface area contributed by atoms with Gasteiger partial charge in [-0.2, -0.15) is 0 Å². The van der Waals surface area contributed by atoms with Gasteiger partial charge >= 0.3 is 0 Å². The first-order chi connectivity index (χ1) is 13.2. The summed E-state index contributed by atoms with van der Waals surface area (Å²) in [4.78, 5) is 23.4. The van der Waals surface area contributed by atoms with Crippen molar-refractivity contribution in [2.45, 2.75) is 32.9 Å². The summed E-state index contributed by atoms with van der Waals surface area (Å²) < 4.78 is 12.1. The Labute approximate surface area is 156 Å². The van der Waals surface area contributed by atoms with Crippen molar-refractivity contribution in [3.63, 3.8) is 0 Å². The van der Waals surface area contributed by atoms with Crippen LogP contribution in [0, 0.1) is 0 Å². The standard InChI is InChI=1S/C21H21NO5/c1-2-3-11-22-18-12-16(26-13-15-7-5-4-6-8-15)9-10-17(18)19(24)20(21(22)25)27-14-23/h4-10,12,14,24H,2-3,11,13H2,1H3. The number of aromatic nitrogens is 1. The molecule has 3 aromatic rings. The highest BCUT2D eigenvalue weighted by Gasteiger charge is 2.18. The van der Waals surface area contributed by atoms with E-state index in [1.807, 2.05) is 37.3 Å². The first-order valence-electron chi connectivity index (χ1n) is 8.82. The second-order valence-corrected chi connectivity index (χ2v) is 6.16. The summed E-state index contributed by atoms with van der Waals surface area (Å²) in [7, 11) is 0. The van der Waals surface area contributed by atoms with Crippen molar-refractivity contribution in [3.8, 4) is 17.2 Å². The maximum absolute atomic E-state index is 12.7. The van der Waals surface area contributed by atoms with Crippen molar-refractivity contribution >= 4 is 17.4 Å². The van der Waals surface area contributed by atoms with Gasteiger partial charge in [-0.15, -0.1) is 0 Å². The summed E-state index contributed by atoms with van der Waals surface area (Å²) in [6, 6.07) is 14.8. The molecule has 1 heterocycles. The van der Waals surface area contributed by atoms with Gasteiger partial charge < -0.3 is 19.1 Å². The number of ether oxygens (including phenoxy) is 2. The molecule has 6 nitrogen and oxygen atoms in total. The lowest BCUT2D eigenvalue weighted by Crippen LogP contribution is -2.22. The summed E-state index contributed by atoms with van der Waals surface area (Å²) >= 11 is 0. The van der Waals surface area contributed by atoms with Crippen LogP contribution in [0.1, 0.15) is 25.3 Å². The number of pyridine rings is 1. The zero-order valence-corrected chi connectivity index (χ0v) is 15.1. The summed E-state index contributed by atoms with van der Waals surface area (Å²) in [5.74, 6) is -0.115. The van der Waals surface area contributed by atoms with E-state index in [4.69, 9.17) is 9.47 Å². The lowest BCUT2D eigenvalue weighted by atomic mass is 10.1. The quantitative estimate of drug-likeness (QED) is 0.615. The average molecular weight is 367 g/mol. The van der Waals surface area contributed by atoms with E-state index in [1.54, 1.807) is 18.2 Å². The number of carbonyl (C=O) groups excluding carboxylic acids is 1. The van der Waals surface area contributed by atoms with Crippen molar-refractivity contribution in [1.29, 1.82) is 0 Å². The van der Waals surface area contributed by atoms with E-state index >= 15 is 0 Å². The van der Waals surface area contributed by atoms with Gasteiger partial charge in [-0.3, -0.25) is 9.59 Å². The Morgan fingerprint density at radius 3 is 2.63 bits per heavy atom. The summed E-state index contributed by atoms with van der Waals surface area (Å²) in [5.41, 5.74) is 1.02. The van der Waals surface area contributed by atoms with E-state index in [-0.39, 0.29) is 18.0 Å². The number of benzene rings is 2. The van der Waals surface area contributed by atoms with Crippen molar-refractivity contribution in [1.82, 2.24) is 4.57 Å². The van der Waals surface area contributed by atoms with Crippen LogP contribution in [0.5, 0.6) is 17.2 Å². The van der Waals surface area contributed by atoms with Crippen molar-refractivity contribution in [2.75, 3.05) is 0 Å². The van der Waals surface area contributed by atoms with Gasteiger partial charge in [0.05, 0.1) is 5.52 Å². The summed E-state index contributed by atoms with van der Waals surface area (Å²) in [6.07, 6.45) is 1.66. The number of hydrogen-bond acceptors (Lipinski definition) is 5. The van der Waals surface area contributed by atoms with Gasteiger partial charge in [0.2, 0.25) is 5.75 Å². The number of carbonyl (C=O) groups is 1. The predicted molar refractivity (Wildman–Crippen MR) is 102 cm³/mol. The smallest absolute Gasteiger partial charge is 0.298 e. The highest BCUT2D eigenvalue weighted by molar-refractivity contribution is 5.89. The number of fused-ring (bicyclic) bond motifs is 1. The number of aromatic hydroxyl groups is 1. The first-order valence-corrected chi connectivity index (χ1v) is 8.82. The Kier molecular flexibility index (Phi) is 5.76. The van der Waals surface area contributed by atoms with Crippen LogP contribution in [-0.4, -0.2) is 16.1 Å². The molecule has 0 aliphatic heterocycles. The molecule has 1 aromatic heterocycles. The molecule has 0 unspecified atom stereocenters. The van der Waals surface area contributed by atoms with Crippen molar-refractivity contribution in [2.24, 2.45) is 0 Å². The summed E-state index contributed by atoms with van der Waals surface area (Å²) in [6.45, 7) is 3.00. The van der Waals surface area contributed by atoms with Crippen LogP contribution in [0.4, 0.5) is 0 Å². The molecule has 3 rings (SSSR count). The molecule has 0 spiro atoms. The normalized spacial score (nSPS) is 10.7. The van der Waals surface area contributed by atoms with Crippen LogP contribution < -0.4 is 15.0 Å². The fourth-order valence-electron chi connectivity index (χ4n) is 2.91. The van der Waals surface area contributed by atoms with Crippen LogP contribution in [0.2, 0.25) is 0 Å². The van der Waals surface area contributed by atoms with E-state index in [0.717, 1.165) is 18.4 Å². The van der Waals surface area contributed by atoms with Gasteiger partial charge in [0.1, 0.15) is 12.4 Å². The molecule has 6 heteroatoms. The van der Waals surface area contributed by atoms with Gasteiger partial charge in [0, 0.05) is 18.0 Å². The zero-order chi connectivity index (χ0) is 19.2. The fraction of sp³-hybridized carbons (Fsp3) is 0.238. The molecule has 0 aliphatic rings. The SMILES string of the molecule is CCCCn1c(=O)c(OC=O)c(O)c2ccc(OCc3ccccc3)cc21. The third-order valence-corrected chi connectivity index (χ3v) is 4.32. The molecule has 0 amide bonds. The Bertz CT molecular complexity index is 995. The zero-order valence-electron chi connectivity index (χ0n) is 15.1. The molecule has 0 radical (unpaired) electrons. The second-order valence-electron chi connectivity index (χ2n) is 6.16. The van der Waals surface area contributed by atoms with Crippen LogP contribution in [-0.2, 0) is 17.9 Å². The minimum absolute atomic E-state index is 0.143. The largest absolute Gasteiger partial charge is 0.504 e. The number of unbranched alkanes of at least 4 members (excludes halogenated alkanes) is 1. The molecule has 0 saturated carbocycles. The molecule has 0 bridgehead atoms. The number of rotatable bonds is 8. The maximum atomic E-state index is 12.7. The molecule has 0 fully saturated rings. The second kappa shape index (κ2) is 8.40. The van der Waals surface area contributed by atoms with Gasteiger partial charge in [-0.1, -0.05) is 43.7 Å². The fourth-order valence-corrected chi connectivity index (χ4v) is 2.91. The predicted octanol–water partition coefficient (Wildman–Crippen LogP) is 3.62. The molecule has 0 saturated heterocycles. The molecule has 0 atom stereocenters. The Balaban J connectivity index is 2.03. The molecule has 140 valence electrons. The third kappa shape index (κ3) is 3.95. The van der Waals surface area contributed by atoms with Gasteiger partial charge in [-0.25, -0.2) is 0 Å².